The summed E-state index contributed by atoms with van der Waals surface area (Å²) in [5.41, 5.74) is 0. The minimum atomic E-state index is -3.26. The average molecular weight is 244 g/mol. The molecule has 0 aliphatic carbocycles. The molecule has 1 aliphatic rings. The van der Waals surface area contributed by atoms with Crippen molar-refractivity contribution >= 4 is 10.2 Å². The highest BCUT2D eigenvalue weighted by atomic mass is 32.2. The maximum absolute atomic E-state index is 12.1. The van der Waals surface area contributed by atoms with E-state index in [1.807, 2.05) is 13.8 Å². The van der Waals surface area contributed by atoms with E-state index < -0.39 is 10.2 Å². The van der Waals surface area contributed by atoms with Crippen LogP contribution in [0.4, 0.5) is 0 Å². The Morgan fingerprint density at radius 3 is 2.19 bits per heavy atom. The first-order valence-corrected chi connectivity index (χ1v) is 7.17. The third-order valence-electron chi connectivity index (χ3n) is 3.05. The van der Waals surface area contributed by atoms with Gasteiger partial charge in [-0.2, -0.15) is 17.0 Å². The summed E-state index contributed by atoms with van der Waals surface area (Å²) in [6.45, 7) is 5.85. The van der Waals surface area contributed by atoms with Crippen LogP contribution in [0, 0.1) is 18.3 Å². The van der Waals surface area contributed by atoms with Gasteiger partial charge in [-0.05, 0) is 12.8 Å². The summed E-state index contributed by atoms with van der Waals surface area (Å²) in [6, 6.07) is 0. The number of terminal acetylenes is 1. The molecule has 0 radical (unpaired) electrons. The topological polar surface area (TPSA) is 40.6 Å². The standard InChI is InChI=1S/C11H20N2O2S/c1-4-11-7-9-13(10-8-11)16(14,15)12(5-2)6-3/h1,11H,5-10H2,2-3H3. The van der Waals surface area contributed by atoms with Crippen LogP contribution in [0.15, 0.2) is 0 Å². The molecule has 0 amide bonds. The van der Waals surface area contributed by atoms with Gasteiger partial charge in [0.2, 0.25) is 0 Å². The van der Waals surface area contributed by atoms with Gasteiger partial charge < -0.3 is 0 Å². The number of hydrogen-bond acceptors (Lipinski definition) is 2. The predicted molar refractivity (Wildman–Crippen MR) is 65.0 cm³/mol. The van der Waals surface area contributed by atoms with Gasteiger partial charge in [0, 0.05) is 32.1 Å². The summed E-state index contributed by atoms with van der Waals surface area (Å²) >= 11 is 0. The van der Waals surface area contributed by atoms with Crippen molar-refractivity contribution in [3.63, 3.8) is 0 Å². The number of hydrogen-bond donors (Lipinski definition) is 0. The Balaban J connectivity index is 2.69. The Bertz CT molecular complexity index is 347. The fourth-order valence-electron chi connectivity index (χ4n) is 1.97. The first-order valence-electron chi connectivity index (χ1n) is 5.77. The molecule has 0 N–H and O–H groups in total. The maximum atomic E-state index is 12.1. The minimum absolute atomic E-state index is 0.239. The van der Waals surface area contributed by atoms with E-state index in [2.05, 4.69) is 5.92 Å². The SMILES string of the molecule is C#CC1CCN(S(=O)(=O)N(CC)CC)CC1. The van der Waals surface area contributed by atoms with Crippen molar-refractivity contribution in [2.75, 3.05) is 26.2 Å². The summed E-state index contributed by atoms with van der Waals surface area (Å²) in [5, 5.41) is 0. The second-order valence-electron chi connectivity index (χ2n) is 3.93. The van der Waals surface area contributed by atoms with Crippen molar-refractivity contribution in [1.29, 1.82) is 0 Å². The van der Waals surface area contributed by atoms with E-state index in [4.69, 9.17) is 6.42 Å². The van der Waals surface area contributed by atoms with Gasteiger partial charge in [-0.3, -0.25) is 0 Å². The normalized spacial score (nSPS) is 19.9. The molecule has 0 aromatic heterocycles. The van der Waals surface area contributed by atoms with Crippen LogP contribution in [0.1, 0.15) is 26.7 Å². The zero-order chi connectivity index (χ0) is 12.2. The van der Waals surface area contributed by atoms with Crippen molar-refractivity contribution in [1.82, 2.24) is 8.61 Å². The van der Waals surface area contributed by atoms with Crippen LogP contribution in [0.2, 0.25) is 0 Å². The van der Waals surface area contributed by atoms with Crippen molar-refractivity contribution in [2.24, 2.45) is 5.92 Å². The summed E-state index contributed by atoms with van der Waals surface area (Å²) in [4.78, 5) is 0. The van der Waals surface area contributed by atoms with Crippen LogP contribution < -0.4 is 0 Å². The van der Waals surface area contributed by atoms with Gasteiger partial charge in [0.05, 0.1) is 0 Å². The molecule has 0 spiro atoms. The molecule has 4 nitrogen and oxygen atoms in total. The maximum Gasteiger partial charge on any atom is 0.281 e. The average Bonchev–Trinajstić information content (AvgIpc) is 2.30. The van der Waals surface area contributed by atoms with E-state index >= 15 is 0 Å². The van der Waals surface area contributed by atoms with E-state index in [-0.39, 0.29) is 5.92 Å². The second kappa shape index (κ2) is 5.67. The molecule has 0 bridgehead atoms. The molecule has 1 rings (SSSR count). The largest absolute Gasteiger partial charge is 0.281 e. The smallest absolute Gasteiger partial charge is 0.195 e. The highest BCUT2D eigenvalue weighted by Gasteiger charge is 2.30. The molecule has 0 aromatic carbocycles. The predicted octanol–water partition coefficient (Wildman–Crippen LogP) is 0.918. The highest BCUT2D eigenvalue weighted by molar-refractivity contribution is 7.86. The van der Waals surface area contributed by atoms with Crippen molar-refractivity contribution < 1.29 is 8.42 Å². The van der Waals surface area contributed by atoms with Gasteiger partial charge in [-0.1, -0.05) is 13.8 Å². The molecule has 1 saturated heterocycles. The third kappa shape index (κ3) is 2.76. The van der Waals surface area contributed by atoms with E-state index in [1.54, 1.807) is 4.31 Å². The van der Waals surface area contributed by atoms with E-state index in [0.29, 0.717) is 26.2 Å². The lowest BCUT2D eigenvalue weighted by Gasteiger charge is -2.32. The zero-order valence-electron chi connectivity index (χ0n) is 10.0. The molecule has 0 unspecified atom stereocenters. The number of rotatable bonds is 4. The van der Waals surface area contributed by atoms with Crippen LogP contribution in [0.5, 0.6) is 0 Å². The lowest BCUT2D eigenvalue weighted by atomic mass is 10.00. The van der Waals surface area contributed by atoms with Crippen LogP contribution in [0.3, 0.4) is 0 Å². The lowest BCUT2D eigenvalue weighted by molar-refractivity contribution is 0.285. The monoisotopic (exact) mass is 244 g/mol. The van der Waals surface area contributed by atoms with Crippen LogP contribution in [-0.4, -0.2) is 43.2 Å². The van der Waals surface area contributed by atoms with Crippen molar-refractivity contribution in [2.45, 2.75) is 26.7 Å². The van der Waals surface area contributed by atoms with Crippen LogP contribution in [-0.2, 0) is 10.2 Å². The first-order chi connectivity index (χ1) is 7.56. The Morgan fingerprint density at radius 1 is 1.31 bits per heavy atom. The summed E-state index contributed by atoms with van der Waals surface area (Å²) in [6.07, 6.45) is 6.89. The molecule has 1 aliphatic heterocycles. The Labute approximate surface area is 98.8 Å². The summed E-state index contributed by atoms with van der Waals surface area (Å²) in [5.74, 6) is 2.94. The second-order valence-corrected chi connectivity index (χ2v) is 5.86. The summed E-state index contributed by atoms with van der Waals surface area (Å²) < 4.78 is 27.3. The fourth-order valence-corrected chi connectivity index (χ4v) is 3.62. The molecule has 0 saturated carbocycles. The molecule has 0 atom stereocenters. The number of piperidine rings is 1. The van der Waals surface area contributed by atoms with Gasteiger partial charge in [0.25, 0.3) is 10.2 Å². The molecule has 92 valence electrons. The Morgan fingerprint density at radius 2 is 1.81 bits per heavy atom. The van der Waals surface area contributed by atoms with Crippen molar-refractivity contribution in [3.05, 3.63) is 0 Å². The van der Waals surface area contributed by atoms with Gasteiger partial charge in [0.1, 0.15) is 0 Å². The Hall–Kier alpha value is -0.570. The quantitative estimate of drug-likeness (QED) is 0.690. The van der Waals surface area contributed by atoms with Crippen molar-refractivity contribution in [3.8, 4) is 12.3 Å². The van der Waals surface area contributed by atoms with Gasteiger partial charge in [-0.15, -0.1) is 12.3 Å². The third-order valence-corrected chi connectivity index (χ3v) is 5.23. The van der Waals surface area contributed by atoms with Gasteiger partial charge in [-0.25, -0.2) is 0 Å². The molecule has 5 heteroatoms. The molecule has 0 aromatic rings. The number of nitrogens with zero attached hydrogens (tertiary/aromatic N) is 2. The van der Waals surface area contributed by atoms with E-state index in [0.717, 1.165) is 12.8 Å². The molecular weight excluding hydrogens is 224 g/mol. The zero-order valence-corrected chi connectivity index (χ0v) is 10.8. The summed E-state index contributed by atoms with van der Waals surface area (Å²) in [7, 11) is -3.26. The molecule has 1 heterocycles. The van der Waals surface area contributed by atoms with E-state index in [9.17, 15) is 8.42 Å². The fraction of sp³-hybridized carbons (Fsp3) is 0.818. The minimum Gasteiger partial charge on any atom is -0.195 e. The van der Waals surface area contributed by atoms with Crippen LogP contribution in [0.25, 0.3) is 0 Å². The van der Waals surface area contributed by atoms with Gasteiger partial charge in [0.15, 0.2) is 0 Å². The molecule has 16 heavy (non-hydrogen) atoms. The van der Waals surface area contributed by atoms with Gasteiger partial charge >= 0.3 is 0 Å². The lowest BCUT2D eigenvalue weighted by Crippen LogP contribution is -2.46. The first kappa shape index (κ1) is 13.5. The highest BCUT2D eigenvalue weighted by Crippen LogP contribution is 2.20. The Kier molecular flexibility index (Phi) is 4.78. The molecular formula is C11H20N2O2S. The molecule has 1 fully saturated rings. The van der Waals surface area contributed by atoms with E-state index in [1.165, 1.54) is 4.31 Å². The van der Waals surface area contributed by atoms with Crippen LogP contribution >= 0.6 is 0 Å².